The van der Waals surface area contributed by atoms with E-state index in [2.05, 4.69) is 0 Å². The van der Waals surface area contributed by atoms with Crippen molar-refractivity contribution in [2.45, 2.75) is 38.2 Å². The number of carbonyl (C=O) groups excluding carboxylic acids is 1. The Morgan fingerprint density at radius 2 is 2.00 bits per heavy atom. The number of carboxylic acid groups (broad SMARTS) is 1. The van der Waals surface area contributed by atoms with Crippen LogP contribution in [-0.4, -0.2) is 36.7 Å². The molecule has 1 atom stereocenters. The zero-order valence-electron chi connectivity index (χ0n) is 12.2. The van der Waals surface area contributed by atoms with Gasteiger partial charge in [-0.1, -0.05) is 0 Å². The molecular formula is C16H21NO4. The van der Waals surface area contributed by atoms with Crippen LogP contribution in [0.5, 0.6) is 0 Å². The standard InChI is InChI=1S/C16H21NO4/c1-17(13-7-5-12(6-8-13)16(19)20)15(18)10-9-14-4-2-3-11-21-14/h5-8,14H,2-4,9-11H2,1H3,(H,19,20). The van der Waals surface area contributed by atoms with E-state index in [9.17, 15) is 9.59 Å². The van der Waals surface area contributed by atoms with E-state index in [1.807, 2.05) is 0 Å². The minimum atomic E-state index is -0.968. The van der Waals surface area contributed by atoms with Crippen LogP contribution in [0.4, 0.5) is 5.69 Å². The fourth-order valence-corrected chi connectivity index (χ4v) is 2.46. The summed E-state index contributed by atoms with van der Waals surface area (Å²) in [6, 6.07) is 6.31. The van der Waals surface area contributed by atoms with Gasteiger partial charge in [-0.25, -0.2) is 4.79 Å². The van der Waals surface area contributed by atoms with E-state index in [0.717, 1.165) is 25.9 Å². The number of hydrogen-bond donors (Lipinski definition) is 1. The third-order valence-electron chi connectivity index (χ3n) is 3.83. The lowest BCUT2D eigenvalue weighted by Crippen LogP contribution is -2.28. The molecule has 1 aromatic carbocycles. The van der Waals surface area contributed by atoms with E-state index < -0.39 is 5.97 Å². The van der Waals surface area contributed by atoms with Gasteiger partial charge in [-0.15, -0.1) is 0 Å². The first-order valence-electron chi connectivity index (χ1n) is 7.29. The molecule has 0 saturated carbocycles. The molecule has 1 heterocycles. The van der Waals surface area contributed by atoms with E-state index >= 15 is 0 Å². The Labute approximate surface area is 124 Å². The second-order valence-corrected chi connectivity index (χ2v) is 5.33. The molecule has 0 radical (unpaired) electrons. The first-order valence-corrected chi connectivity index (χ1v) is 7.29. The molecule has 5 nitrogen and oxygen atoms in total. The van der Waals surface area contributed by atoms with Crippen molar-refractivity contribution in [2.24, 2.45) is 0 Å². The van der Waals surface area contributed by atoms with Crippen molar-refractivity contribution in [1.29, 1.82) is 0 Å². The van der Waals surface area contributed by atoms with Gasteiger partial charge in [-0.3, -0.25) is 4.79 Å². The van der Waals surface area contributed by atoms with Gasteiger partial charge in [0.05, 0.1) is 11.7 Å². The molecule has 1 saturated heterocycles. The van der Waals surface area contributed by atoms with Gasteiger partial charge in [-0.05, 0) is 49.9 Å². The van der Waals surface area contributed by atoms with Crippen molar-refractivity contribution in [3.8, 4) is 0 Å². The van der Waals surface area contributed by atoms with Crippen LogP contribution in [-0.2, 0) is 9.53 Å². The number of ether oxygens (including phenoxy) is 1. The van der Waals surface area contributed by atoms with Crippen LogP contribution in [0.15, 0.2) is 24.3 Å². The molecule has 0 spiro atoms. The Hall–Kier alpha value is -1.88. The van der Waals surface area contributed by atoms with E-state index in [0.29, 0.717) is 12.1 Å². The Kier molecular flexibility index (Phi) is 5.33. The monoisotopic (exact) mass is 291 g/mol. The van der Waals surface area contributed by atoms with Gasteiger partial charge in [0.25, 0.3) is 0 Å². The fourth-order valence-electron chi connectivity index (χ4n) is 2.46. The Balaban J connectivity index is 1.87. The van der Waals surface area contributed by atoms with Crippen LogP contribution < -0.4 is 4.90 Å². The first kappa shape index (κ1) is 15.5. The van der Waals surface area contributed by atoms with Crippen LogP contribution in [0.2, 0.25) is 0 Å². The average molecular weight is 291 g/mol. The molecule has 5 heteroatoms. The maximum absolute atomic E-state index is 12.2. The van der Waals surface area contributed by atoms with Crippen molar-refractivity contribution < 1.29 is 19.4 Å². The zero-order chi connectivity index (χ0) is 15.2. The predicted octanol–water partition coefficient (Wildman–Crippen LogP) is 2.70. The molecule has 2 rings (SSSR count). The molecule has 1 aliphatic heterocycles. The molecule has 21 heavy (non-hydrogen) atoms. The molecule has 1 fully saturated rings. The number of amides is 1. The molecule has 0 bridgehead atoms. The molecule has 114 valence electrons. The molecule has 1 amide bonds. The number of anilines is 1. The second kappa shape index (κ2) is 7.22. The van der Waals surface area contributed by atoms with Crippen molar-refractivity contribution in [3.05, 3.63) is 29.8 Å². The molecular weight excluding hydrogens is 270 g/mol. The molecule has 1 N–H and O–H groups in total. The zero-order valence-corrected chi connectivity index (χ0v) is 12.2. The maximum atomic E-state index is 12.2. The topological polar surface area (TPSA) is 66.8 Å². The summed E-state index contributed by atoms with van der Waals surface area (Å²) in [5.74, 6) is -0.947. The van der Waals surface area contributed by atoms with Gasteiger partial charge < -0.3 is 14.7 Å². The highest BCUT2D eigenvalue weighted by Gasteiger charge is 2.17. The lowest BCUT2D eigenvalue weighted by atomic mass is 10.0. The molecule has 1 unspecified atom stereocenters. The highest BCUT2D eigenvalue weighted by Crippen LogP contribution is 2.19. The smallest absolute Gasteiger partial charge is 0.335 e. The van der Waals surface area contributed by atoms with Gasteiger partial charge in [0, 0.05) is 25.8 Å². The molecule has 0 aromatic heterocycles. The number of rotatable bonds is 5. The van der Waals surface area contributed by atoms with Crippen LogP contribution in [0, 0.1) is 0 Å². The quantitative estimate of drug-likeness (QED) is 0.905. The predicted molar refractivity (Wildman–Crippen MR) is 79.6 cm³/mol. The highest BCUT2D eigenvalue weighted by molar-refractivity contribution is 5.94. The lowest BCUT2D eigenvalue weighted by Gasteiger charge is -2.23. The highest BCUT2D eigenvalue weighted by atomic mass is 16.5. The van der Waals surface area contributed by atoms with E-state index in [-0.39, 0.29) is 17.6 Å². The molecule has 0 aliphatic carbocycles. The second-order valence-electron chi connectivity index (χ2n) is 5.33. The van der Waals surface area contributed by atoms with E-state index in [1.165, 1.54) is 18.6 Å². The van der Waals surface area contributed by atoms with Gasteiger partial charge in [0.15, 0.2) is 0 Å². The number of aromatic carboxylic acids is 1. The minimum absolute atomic E-state index is 0.0206. The Morgan fingerprint density at radius 3 is 2.57 bits per heavy atom. The Morgan fingerprint density at radius 1 is 1.29 bits per heavy atom. The average Bonchev–Trinajstić information content (AvgIpc) is 2.53. The van der Waals surface area contributed by atoms with Gasteiger partial charge >= 0.3 is 5.97 Å². The number of carboxylic acids is 1. The largest absolute Gasteiger partial charge is 0.478 e. The fraction of sp³-hybridized carbons (Fsp3) is 0.500. The lowest BCUT2D eigenvalue weighted by molar-refractivity contribution is -0.119. The summed E-state index contributed by atoms with van der Waals surface area (Å²) in [5.41, 5.74) is 0.921. The normalized spacial score (nSPS) is 18.2. The molecule has 1 aromatic rings. The van der Waals surface area contributed by atoms with Gasteiger partial charge in [-0.2, -0.15) is 0 Å². The van der Waals surface area contributed by atoms with Crippen molar-refractivity contribution >= 4 is 17.6 Å². The maximum Gasteiger partial charge on any atom is 0.335 e. The van der Waals surface area contributed by atoms with Crippen LogP contribution >= 0.6 is 0 Å². The van der Waals surface area contributed by atoms with Gasteiger partial charge in [0.2, 0.25) is 5.91 Å². The van der Waals surface area contributed by atoms with Crippen molar-refractivity contribution in [1.82, 2.24) is 0 Å². The first-order chi connectivity index (χ1) is 10.1. The van der Waals surface area contributed by atoms with Crippen molar-refractivity contribution in [2.75, 3.05) is 18.6 Å². The molecule has 1 aliphatic rings. The third-order valence-corrected chi connectivity index (χ3v) is 3.83. The summed E-state index contributed by atoms with van der Waals surface area (Å²) in [6.45, 7) is 0.797. The minimum Gasteiger partial charge on any atom is -0.478 e. The summed E-state index contributed by atoms with van der Waals surface area (Å²) in [6.07, 6.45) is 4.71. The summed E-state index contributed by atoms with van der Waals surface area (Å²) in [4.78, 5) is 24.5. The summed E-state index contributed by atoms with van der Waals surface area (Å²) >= 11 is 0. The number of nitrogens with zero attached hydrogens (tertiary/aromatic N) is 1. The summed E-state index contributed by atoms with van der Waals surface area (Å²) < 4.78 is 5.62. The van der Waals surface area contributed by atoms with Crippen molar-refractivity contribution in [3.63, 3.8) is 0 Å². The van der Waals surface area contributed by atoms with E-state index in [1.54, 1.807) is 24.1 Å². The number of hydrogen-bond acceptors (Lipinski definition) is 3. The third kappa shape index (κ3) is 4.29. The summed E-state index contributed by atoms with van der Waals surface area (Å²) in [7, 11) is 1.71. The number of carbonyl (C=O) groups is 2. The van der Waals surface area contributed by atoms with Crippen LogP contribution in [0.25, 0.3) is 0 Å². The van der Waals surface area contributed by atoms with Gasteiger partial charge in [0.1, 0.15) is 0 Å². The number of benzene rings is 1. The SMILES string of the molecule is CN(C(=O)CCC1CCCCO1)c1ccc(C(=O)O)cc1. The van der Waals surface area contributed by atoms with Crippen LogP contribution in [0.1, 0.15) is 42.5 Å². The van der Waals surface area contributed by atoms with Crippen LogP contribution in [0.3, 0.4) is 0 Å². The summed E-state index contributed by atoms with van der Waals surface area (Å²) in [5, 5.41) is 8.86. The Bertz CT molecular complexity index is 492. The van der Waals surface area contributed by atoms with E-state index in [4.69, 9.17) is 9.84 Å².